The molecular formula is C18H18N4O2. The third-order valence-corrected chi connectivity index (χ3v) is 5.60. The summed E-state index contributed by atoms with van der Waals surface area (Å²) in [5, 5.41) is 9.19. The van der Waals surface area contributed by atoms with E-state index in [9.17, 15) is 9.90 Å². The molecule has 4 heterocycles. The van der Waals surface area contributed by atoms with E-state index in [0.717, 1.165) is 29.9 Å². The van der Waals surface area contributed by atoms with Crippen molar-refractivity contribution in [1.29, 1.82) is 0 Å². The minimum Gasteiger partial charge on any atom is -0.477 e. The maximum atomic E-state index is 11.2. The van der Waals surface area contributed by atoms with Gasteiger partial charge in [0.2, 0.25) is 0 Å². The fourth-order valence-corrected chi connectivity index (χ4v) is 3.86. The molecule has 122 valence electrons. The molecule has 0 aromatic carbocycles. The Kier molecular flexibility index (Phi) is 2.69. The number of anilines is 1. The highest BCUT2D eigenvalue weighted by Crippen LogP contribution is 2.54. The van der Waals surface area contributed by atoms with Gasteiger partial charge in [0, 0.05) is 19.3 Å². The van der Waals surface area contributed by atoms with Gasteiger partial charge in [0.15, 0.2) is 17.2 Å². The van der Waals surface area contributed by atoms with Crippen molar-refractivity contribution in [3.05, 3.63) is 36.2 Å². The van der Waals surface area contributed by atoms with Crippen molar-refractivity contribution in [2.45, 2.75) is 25.7 Å². The SMILES string of the molecule is O=C(O)c1ccc2c(n1)nc(N1CCC3(CC1)CC3)c1cccn12. The summed E-state index contributed by atoms with van der Waals surface area (Å²) in [4.78, 5) is 22.5. The van der Waals surface area contributed by atoms with Gasteiger partial charge in [0.05, 0.1) is 11.0 Å². The standard InChI is InChI=1S/C18H18N4O2/c23-17(24)12-3-4-13-15(19-12)20-16(14-2-1-9-22(13)14)21-10-7-18(5-6-18)8-11-21/h1-4,9H,5-8,10-11H2,(H,23,24). The fourth-order valence-electron chi connectivity index (χ4n) is 3.86. The van der Waals surface area contributed by atoms with E-state index in [-0.39, 0.29) is 5.69 Å². The Hall–Kier alpha value is -2.63. The predicted octanol–water partition coefficient (Wildman–Crippen LogP) is 2.96. The summed E-state index contributed by atoms with van der Waals surface area (Å²) < 4.78 is 2.05. The van der Waals surface area contributed by atoms with E-state index in [1.165, 1.54) is 31.7 Å². The lowest BCUT2D eigenvalue weighted by Gasteiger charge is -2.33. The Labute approximate surface area is 138 Å². The van der Waals surface area contributed by atoms with Crippen LogP contribution in [0.15, 0.2) is 30.5 Å². The van der Waals surface area contributed by atoms with Gasteiger partial charge in [-0.15, -0.1) is 0 Å². The Balaban J connectivity index is 1.65. The minimum absolute atomic E-state index is 0.0306. The van der Waals surface area contributed by atoms with Gasteiger partial charge in [-0.25, -0.2) is 14.8 Å². The highest BCUT2D eigenvalue weighted by molar-refractivity contribution is 5.90. The van der Waals surface area contributed by atoms with E-state index in [4.69, 9.17) is 4.98 Å². The van der Waals surface area contributed by atoms with Gasteiger partial charge in [0.1, 0.15) is 0 Å². The number of hydrogen-bond acceptors (Lipinski definition) is 4. The molecule has 0 radical (unpaired) electrons. The maximum Gasteiger partial charge on any atom is 0.354 e. The topological polar surface area (TPSA) is 70.7 Å². The highest BCUT2D eigenvalue weighted by Gasteiger charge is 2.44. The Morgan fingerprint density at radius 2 is 1.83 bits per heavy atom. The van der Waals surface area contributed by atoms with Crippen LogP contribution in [0.5, 0.6) is 0 Å². The summed E-state index contributed by atoms with van der Waals surface area (Å²) in [5.74, 6) is -0.112. The number of aromatic carboxylic acids is 1. The number of piperidine rings is 1. The van der Waals surface area contributed by atoms with Crippen molar-refractivity contribution in [2.24, 2.45) is 5.41 Å². The van der Waals surface area contributed by atoms with Crippen LogP contribution >= 0.6 is 0 Å². The monoisotopic (exact) mass is 322 g/mol. The third kappa shape index (κ3) is 1.99. The van der Waals surface area contributed by atoms with Crippen molar-refractivity contribution in [2.75, 3.05) is 18.0 Å². The molecule has 1 saturated carbocycles. The van der Waals surface area contributed by atoms with Crippen LogP contribution in [0.4, 0.5) is 5.82 Å². The first-order valence-electron chi connectivity index (χ1n) is 8.41. The molecule has 0 amide bonds. The van der Waals surface area contributed by atoms with Crippen molar-refractivity contribution in [3.63, 3.8) is 0 Å². The van der Waals surface area contributed by atoms with Gasteiger partial charge in [-0.2, -0.15) is 0 Å². The highest BCUT2D eigenvalue weighted by atomic mass is 16.4. The summed E-state index contributed by atoms with van der Waals surface area (Å²) in [6, 6.07) is 7.37. The molecule has 0 bridgehead atoms. The summed E-state index contributed by atoms with van der Waals surface area (Å²) >= 11 is 0. The Bertz CT molecular complexity index is 964. The molecule has 2 aliphatic rings. The normalized spacial score (nSPS) is 19.2. The lowest BCUT2D eigenvalue weighted by atomic mass is 9.94. The van der Waals surface area contributed by atoms with Crippen molar-refractivity contribution < 1.29 is 9.90 Å². The second kappa shape index (κ2) is 4.69. The predicted molar refractivity (Wildman–Crippen MR) is 90.6 cm³/mol. The van der Waals surface area contributed by atoms with E-state index in [1.54, 1.807) is 6.07 Å². The number of fused-ring (bicyclic) bond motifs is 3. The molecular weight excluding hydrogens is 304 g/mol. The van der Waals surface area contributed by atoms with Gasteiger partial charge in [0.25, 0.3) is 0 Å². The van der Waals surface area contributed by atoms with Crippen LogP contribution in [0, 0.1) is 5.41 Å². The second-order valence-corrected chi connectivity index (χ2v) is 7.03. The number of pyridine rings is 1. The summed E-state index contributed by atoms with van der Waals surface area (Å²) in [7, 11) is 0. The zero-order valence-electron chi connectivity index (χ0n) is 13.3. The first-order valence-corrected chi connectivity index (χ1v) is 8.41. The molecule has 0 atom stereocenters. The van der Waals surface area contributed by atoms with Crippen molar-refractivity contribution in [1.82, 2.24) is 14.4 Å². The smallest absolute Gasteiger partial charge is 0.354 e. The molecule has 5 rings (SSSR count). The molecule has 24 heavy (non-hydrogen) atoms. The molecule has 1 spiro atoms. The zero-order valence-corrected chi connectivity index (χ0v) is 13.3. The van der Waals surface area contributed by atoms with Gasteiger partial charge in [-0.3, -0.25) is 0 Å². The number of rotatable bonds is 2. The lowest BCUT2D eigenvalue weighted by molar-refractivity contribution is 0.0691. The van der Waals surface area contributed by atoms with Gasteiger partial charge < -0.3 is 14.4 Å². The molecule has 1 aliphatic heterocycles. The molecule has 0 unspecified atom stereocenters. The van der Waals surface area contributed by atoms with Crippen LogP contribution in [0.25, 0.3) is 16.7 Å². The average Bonchev–Trinajstić information content (AvgIpc) is 3.16. The molecule has 3 aromatic rings. The van der Waals surface area contributed by atoms with Gasteiger partial charge in [-0.05, 0) is 55.4 Å². The average molecular weight is 322 g/mol. The maximum absolute atomic E-state index is 11.2. The van der Waals surface area contributed by atoms with Gasteiger partial charge >= 0.3 is 5.97 Å². The number of aromatic nitrogens is 3. The van der Waals surface area contributed by atoms with Crippen molar-refractivity contribution in [3.8, 4) is 0 Å². The number of nitrogens with zero attached hydrogens (tertiary/aromatic N) is 4. The number of carbonyl (C=O) groups is 1. The van der Waals surface area contributed by atoms with E-state index in [2.05, 4.69) is 20.4 Å². The third-order valence-electron chi connectivity index (χ3n) is 5.60. The zero-order chi connectivity index (χ0) is 16.3. The van der Waals surface area contributed by atoms with Crippen LogP contribution < -0.4 is 4.90 Å². The molecule has 2 fully saturated rings. The summed E-state index contributed by atoms with van der Waals surface area (Å²) in [6.07, 6.45) is 7.17. The first kappa shape index (κ1) is 13.8. The molecule has 1 aliphatic carbocycles. The van der Waals surface area contributed by atoms with Crippen LogP contribution in [0.1, 0.15) is 36.2 Å². The summed E-state index contributed by atoms with van der Waals surface area (Å²) in [6.45, 7) is 2.02. The molecule has 3 aromatic heterocycles. The quantitative estimate of drug-likeness (QED) is 0.785. The number of carboxylic acid groups (broad SMARTS) is 1. The van der Waals surface area contributed by atoms with Crippen LogP contribution in [-0.2, 0) is 0 Å². The van der Waals surface area contributed by atoms with E-state index < -0.39 is 5.97 Å². The van der Waals surface area contributed by atoms with Gasteiger partial charge in [-0.1, -0.05) is 0 Å². The van der Waals surface area contributed by atoms with E-state index in [0.29, 0.717) is 11.1 Å². The van der Waals surface area contributed by atoms with Crippen LogP contribution in [-0.4, -0.2) is 38.5 Å². The van der Waals surface area contributed by atoms with E-state index >= 15 is 0 Å². The summed E-state index contributed by atoms with van der Waals surface area (Å²) in [5.41, 5.74) is 3.02. The molecule has 6 nitrogen and oxygen atoms in total. The Morgan fingerprint density at radius 1 is 1.04 bits per heavy atom. The lowest BCUT2D eigenvalue weighted by Crippen LogP contribution is -2.35. The van der Waals surface area contributed by atoms with E-state index in [1.807, 2.05) is 12.3 Å². The second-order valence-electron chi connectivity index (χ2n) is 7.03. The fraction of sp³-hybridized carbons (Fsp3) is 0.389. The number of hydrogen-bond donors (Lipinski definition) is 1. The molecule has 1 saturated heterocycles. The largest absolute Gasteiger partial charge is 0.477 e. The Morgan fingerprint density at radius 3 is 2.54 bits per heavy atom. The number of carboxylic acids is 1. The first-order chi connectivity index (χ1) is 11.7. The molecule has 1 N–H and O–H groups in total. The van der Waals surface area contributed by atoms with Crippen molar-refractivity contribution >= 4 is 28.5 Å². The van der Waals surface area contributed by atoms with Crippen LogP contribution in [0.2, 0.25) is 0 Å². The van der Waals surface area contributed by atoms with Crippen LogP contribution in [0.3, 0.4) is 0 Å². The minimum atomic E-state index is -1.03. The molecule has 6 heteroatoms.